The summed E-state index contributed by atoms with van der Waals surface area (Å²) in [7, 11) is 0. The van der Waals surface area contributed by atoms with E-state index in [1.165, 1.54) is 61.2 Å². The molecule has 3 aromatic rings. The second-order valence-corrected chi connectivity index (χ2v) is 19.3. The van der Waals surface area contributed by atoms with Crippen LogP contribution in [-0.4, -0.2) is 207 Å². The maximum absolute atomic E-state index is 13.9. The third-order valence-corrected chi connectivity index (χ3v) is 12.3. The molecule has 0 saturated carbocycles. The molecule has 35 nitrogen and oxygen atoms in total. The van der Waals surface area contributed by atoms with Crippen molar-refractivity contribution in [1.82, 2.24) is 55.6 Å². The zero-order valence-corrected chi connectivity index (χ0v) is 50.4. The molecule has 4 heterocycles. The van der Waals surface area contributed by atoms with Crippen LogP contribution in [-0.2, 0) is 77.8 Å². The Morgan fingerprint density at radius 3 is 1.98 bits per heavy atom. The van der Waals surface area contributed by atoms with Gasteiger partial charge in [0.25, 0.3) is 11.9 Å². The van der Waals surface area contributed by atoms with E-state index in [0.717, 1.165) is 0 Å². The maximum Gasteiger partial charge on any atom is 0.305 e. The molecule has 0 bridgehead atoms. The number of rotatable bonds is 29. The topological polar surface area (TPSA) is 555 Å². The number of aliphatic carboxylic acids is 2. The van der Waals surface area contributed by atoms with Gasteiger partial charge in [0, 0.05) is 69.4 Å². The van der Waals surface area contributed by atoms with Crippen molar-refractivity contribution in [1.29, 1.82) is 0 Å². The standard InChI is InChI=1S/C32H42N13O9.C15H20N2O5.C6H12NO5.Tc/c33-32(34)37-11-3-5-19-28(51)40-16-25(47)41-22(13-26(48)49)31(54)44-21(12-17-6-9-24(46)39-14-17)30(53)43-20(29(52)42-19)4-1-2-10-36-27(50)18-7-8-23(45-35)38-15-18;1-3-21-13(18)6-5-12(15(20)22-4-2)17-14(19)11-7-9-16-10-8-11;8-2-6(3-9,4-10)7-1-5(11)12;/h6-9,14-15,19-22H,1-5,10-13,16H2,(H,36,50)(H,39,46)(H,40,51)(H,41,47)(H,42,52)(H,43,53)(H,44,54)(H,48,49)(H4,33,34,37);7-10,12H,3-6H2,1-2H3,(H,17,19);8-10H,1-4H2,(H,11,12);/q-1;;-1;+2/t19-,20-,21+,22-;;;/m0.../s1. The third kappa shape index (κ3) is 30.2. The molecule has 1 saturated heterocycles. The van der Waals surface area contributed by atoms with Gasteiger partial charge in [0.05, 0.1) is 26.2 Å². The van der Waals surface area contributed by atoms with Crippen molar-refractivity contribution in [2.75, 3.05) is 59.2 Å². The Labute approximate surface area is 518 Å². The van der Waals surface area contributed by atoms with Crippen LogP contribution in [0.4, 0.5) is 5.82 Å². The number of esters is 2. The molecule has 89 heavy (non-hydrogen) atoms. The molecule has 0 radical (unpaired) electrons. The van der Waals surface area contributed by atoms with Crippen LogP contribution in [0.5, 0.6) is 0 Å². The van der Waals surface area contributed by atoms with Gasteiger partial charge < -0.3 is 88.7 Å². The van der Waals surface area contributed by atoms with Crippen molar-refractivity contribution in [3.8, 4) is 0 Å². The minimum atomic E-state index is -1.66. The van der Waals surface area contributed by atoms with Gasteiger partial charge in [-0.3, -0.25) is 57.9 Å². The smallest absolute Gasteiger partial charge is 0.305 e. The molecular weight excluding hydrogens is 1260 g/mol. The molecule has 1 fully saturated rings. The summed E-state index contributed by atoms with van der Waals surface area (Å²) in [5, 5.41) is 68.6. The summed E-state index contributed by atoms with van der Waals surface area (Å²) in [6.07, 6.45) is 5.55. The minimum Gasteiger partial charge on any atom is -0.642 e. The number of aliphatic imine (C=N–C) groups is 1. The van der Waals surface area contributed by atoms with Crippen molar-refractivity contribution in [3.63, 3.8) is 0 Å². The van der Waals surface area contributed by atoms with Crippen LogP contribution < -0.4 is 57.7 Å². The minimum absolute atomic E-state index is 0.00828. The van der Waals surface area contributed by atoms with E-state index in [1.807, 2.05) is 0 Å². The second kappa shape index (κ2) is 41.7. The number of ether oxygens (including phenoxy) is 2. The van der Waals surface area contributed by atoms with Gasteiger partial charge in [-0.15, -0.1) is 0 Å². The van der Waals surface area contributed by atoms with Gasteiger partial charge in [0.2, 0.25) is 35.1 Å². The van der Waals surface area contributed by atoms with E-state index in [1.54, 1.807) is 32.6 Å². The summed E-state index contributed by atoms with van der Waals surface area (Å²) >= 11 is 1.70. The summed E-state index contributed by atoms with van der Waals surface area (Å²) in [6, 6.07) is 2.22. The first-order valence-corrected chi connectivity index (χ1v) is 28.2. The van der Waals surface area contributed by atoms with Crippen molar-refractivity contribution >= 4 is 77.0 Å². The average Bonchev–Trinajstić information content (AvgIpc) is 3.86. The fourth-order valence-corrected chi connectivity index (χ4v) is 7.65. The molecule has 3 aromatic heterocycles. The quantitative estimate of drug-likeness (QED) is 0.00780. The molecule has 4 rings (SSSR count). The largest absolute Gasteiger partial charge is 0.642 e. The molecule has 1 unspecified atom stereocenters. The SMILES string of the molecule is CCOC(=O)CCC(NC(=O)c1ccncc1)C(=O)OCC.NC(N)=NCCC[C@@H]1NC(=O)[C@H](CCCCNC(=O)c2ccc(N=[N+]=[Tc])nc2)NC(=O)[C@@H](Cc2ccc(=O)[nH]c2)NC(=O)[C@H](CC(=O)O)NC(=O)CNC1=O.O=C(O)C[N-]C(CO)(CO)CO. The first-order valence-electron chi connectivity index (χ1n) is 27.4. The van der Waals surface area contributed by atoms with Gasteiger partial charge in [-0.05, 0) is 57.4 Å². The van der Waals surface area contributed by atoms with Crippen molar-refractivity contribution in [2.24, 2.45) is 21.6 Å². The normalized spacial score (nSPS) is 16.3. The van der Waals surface area contributed by atoms with Crippen LogP contribution in [0.2, 0.25) is 0 Å². The van der Waals surface area contributed by atoms with Crippen LogP contribution in [0.15, 0.2) is 76.1 Å². The second-order valence-electron chi connectivity index (χ2n) is 18.9. The number of aromatic amines is 1. The molecule has 0 spiro atoms. The number of H-pyrrole nitrogens is 1. The van der Waals surface area contributed by atoms with E-state index >= 15 is 0 Å². The predicted molar refractivity (Wildman–Crippen MR) is 306 cm³/mol. The number of amides is 7. The molecule has 1 aliphatic heterocycles. The molecule has 17 N–H and O–H groups in total. The maximum atomic E-state index is 13.9. The van der Waals surface area contributed by atoms with E-state index in [-0.39, 0.29) is 82.8 Å². The Hall–Kier alpha value is -9.31. The fourth-order valence-electron chi connectivity index (χ4n) is 7.46. The van der Waals surface area contributed by atoms with Crippen molar-refractivity contribution in [3.05, 3.63) is 93.5 Å². The van der Waals surface area contributed by atoms with Crippen LogP contribution in [0.1, 0.15) is 91.5 Å². The fraction of sp³-hybridized carbons (Fsp3) is 0.491. The molecule has 0 aliphatic carbocycles. The number of hydrogen-bond acceptors (Lipinski definition) is 21. The average molecular weight is 1340 g/mol. The van der Waals surface area contributed by atoms with E-state index in [4.69, 9.17) is 41.4 Å². The number of hydrogen-bond donors (Lipinski definition) is 15. The van der Waals surface area contributed by atoms with E-state index < -0.39 is 146 Å². The zero-order chi connectivity index (χ0) is 66.3. The first-order chi connectivity index (χ1) is 42.4. The number of carboxylic acids is 2. The van der Waals surface area contributed by atoms with Gasteiger partial charge in [0.15, 0.2) is 5.96 Å². The Kier molecular flexibility index (Phi) is 35.5. The number of nitrogens with two attached hydrogens (primary N) is 2. The van der Waals surface area contributed by atoms with Crippen LogP contribution >= 0.6 is 0 Å². The molecule has 5 atom stereocenters. The van der Waals surface area contributed by atoms with Gasteiger partial charge in [-0.1, -0.05) is 11.6 Å². The van der Waals surface area contributed by atoms with Crippen LogP contribution in [0, 0.1) is 0 Å². The number of unbranched alkanes of at least 4 members (excludes halogenated alkanes) is 1. The van der Waals surface area contributed by atoms with Gasteiger partial charge >= 0.3 is 122 Å². The summed E-state index contributed by atoms with van der Waals surface area (Å²) < 4.78 is 13.3. The Balaban J connectivity index is 0.000000644. The molecule has 7 amide bonds. The molecular formula is C53H74N16O19Tc. The number of pyridine rings is 3. The molecule has 0 aromatic carbocycles. The summed E-state index contributed by atoms with van der Waals surface area (Å²) in [5.74, 6) is -8.68. The van der Waals surface area contributed by atoms with Crippen LogP contribution in [0.25, 0.3) is 5.32 Å². The first kappa shape index (κ1) is 75.8. The number of aromatic nitrogens is 3. The molecule has 487 valence electrons. The Morgan fingerprint density at radius 2 is 1.40 bits per heavy atom. The van der Waals surface area contributed by atoms with E-state index in [2.05, 4.69) is 71.0 Å². The zero-order valence-electron chi connectivity index (χ0n) is 48.6. The molecule has 36 heteroatoms. The number of nitrogens with zero attached hydrogens (tertiary/aromatic N) is 6. The third-order valence-electron chi connectivity index (χ3n) is 12.1. The van der Waals surface area contributed by atoms with E-state index in [9.17, 15) is 62.6 Å². The van der Waals surface area contributed by atoms with Gasteiger partial charge in [-0.2, -0.15) is 0 Å². The van der Waals surface area contributed by atoms with Gasteiger partial charge in [0.1, 0.15) is 30.2 Å². The number of nitrogens with one attached hydrogen (secondary N) is 8. The van der Waals surface area contributed by atoms with Crippen molar-refractivity contribution < 1.29 is 106 Å². The number of aliphatic hydroxyl groups excluding tert-OH is 3. The number of carbonyl (C=O) groups is 11. The Bertz CT molecular complexity index is 2950. The van der Waals surface area contributed by atoms with Crippen LogP contribution in [0.3, 0.4) is 0 Å². The Morgan fingerprint density at radius 1 is 0.775 bits per heavy atom. The summed E-state index contributed by atoms with van der Waals surface area (Å²) in [6.45, 7) is 1.18. The van der Waals surface area contributed by atoms with E-state index in [0.29, 0.717) is 23.4 Å². The summed E-state index contributed by atoms with van der Waals surface area (Å²) in [4.78, 5) is 163. The summed E-state index contributed by atoms with van der Waals surface area (Å²) in [5.41, 5.74) is 9.97. The number of carbonyl (C=O) groups excluding carboxylic acids is 9. The van der Waals surface area contributed by atoms with Crippen molar-refractivity contribution in [2.45, 2.75) is 107 Å². The number of aliphatic hydroxyl groups is 3. The molecule has 1 aliphatic rings. The number of carboxylic acid groups (broad SMARTS) is 2. The predicted octanol–water partition coefficient (Wildman–Crippen LogP) is -4.36. The number of guanidine groups is 1. The van der Waals surface area contributed by atoms with Gasteiger partial charge in [-0.25, -0.2) is 4.79 Å². The monoisotopic (exact) mass is 1340 g/mol.